The zero-order valence-electron chi connectivity index (χ0n) is 14.6. The lowest BCUT2D eigenvalue weighted by atomic mass is 10.1. The molecule has 0 saturated heterocycles. The van der Waals surface area contributed by atoms with Crippen LogP contribution in [0, 0.1) is 0 Å². The summed E-state index contributed by atoms with van der Waals surface area (Å²) in [4.78, 5) is 18.5. The summed E-state index contributed by atoms with van der Waals surface area (Å²) in [5.41, 5.74) is 1.69. The molecule has 1 rings (SSSR count). The Bertz CT molecular complexity index is 505. The fourth-order valence-electron chi connectivity index (χ4n) is 2.09. The van der Waals surface area contributed by atoms with Crippen molar-refractivity contribution in [2.45, 2.75) is 33.2 Å². The molecule has 0 atom stereocenters. The van der Waals surface area contributed by atoms with Gasteiger partial charge in [0.2, 0.25) is 0 Å². The number of hydrogen-bond donors (Lipinski definition) is 2. The van der Waals surface area contributed by atoms with E-state index in [1.54, 1.807) is 7.05 Å². The minimum atomic E-state index is -0.0715. The van der Waals surface area contributed by atoms with Gasteiger partial charge in [-0.2, -0.15) is 0 Å². The molecule has 6 heteroatoms. The first-order chi connectivity index (χ1) is 10.6. The summed E-state index contributed by atoms with van der Waals surface area (Å²) in [7, 11) is 3.69. The van der Waals surface area contributed by atoms with Gasteiger partial charge >= 0.3 is 0 Å². The Balaban J connectivity index is 0.00000484. The number of unbranched alkanes of at least 4 members (excludes halogenated alkanes) is 1. The molecule has 0 saturated carbocycles. The molecule has 0 fully saturated rings. The van der Waals surface area contributed by atoms with E-state index in [0.29, 0.717) is 12.1 Å². The zero-order chi connectivity index (χ0) is 16.4. The summed E-state index contributed by atoms with van der Waals surface area (Å²) in [5.74, 6) is 0.832. The monoisotopic (exact) mass is 432 g/mol. The van der Waals surface area contributed by atoms with E-state index in [4.69, 9.17) is 0 Å². The number of halogens is 1. The van der Waals surface area contributed by atoms with Crippen LogP contribution in [0.15, 0.2) is 29.3 Å². The van der Waals surface area contributed by atoms with Gasteiger partial charge < -0.3 is 15.5 Å². The Morgan fingerprint density at radius 1 is 1.30 bits per heavy atom. The molecule has 0 aliphatic heterocycles. The maximum Gasteiger partial charge on any atom is 0.251 e. The van der Waals surface area contributed by atoms with Crippen molar-refractivity contribution < 1.29 is 4.79 Å². The van der Waals surface area contributed by atoms with Gasteiger partial charge in [-0.3, -0.25) is 4.79 Å². The average molecular weight is 432 g/mol. The molecule has 0 aliphatic carbocycles. The van der Waals surface area contributed by atoms with Crippen molar-refractivity contribution >= 4 is 35.8 Å². The maximum absolute atomic E-state index is 11.7. The van der Waals surface area contributed by atoms with Gasteiger partial charge in [-0.15, -0.1) is 24.0 Å². The minimum absolute atomic E-state index is 0. The van der Waals surface area contributed by atoms with Crippen molar-refractivity contribution in [3.63, 3.8) is 0 Å². The molecule has 5 nitrogen and oxygen atoms in total. The van der Waals surface area contributed by atoms with Gasteiger partial charge in [0.1, 0.15) is 0 Å². The molecule has 0 spiro atoms. The molecule has 1 amide bonds. The summed E-state index contributed by atoms with van der Waals surface area (Å²) in [5, 5.41) is 5.95. The van der Waals surface area contributed by atoms with Gasteiger partial charge in [-0.05, 0) is 31.0 Å². The van der Waals surface area contributed by atoms with Crippen LogP contribution in [0.4, 0.5) is 0 Å². The van der Waals surface area contributed by atoms with Crippen LogP contribution in [0.25, 0.3) is 0 Å². The van der Waals surface area contributed by atoms with E-state index in [9.17, 15) is 4.79 Å². The summed E-state index contributed by atoms with van der Waals surface area (Å²) in [6, 6.07) is 7.58. The molecule has 0 radical (unpaired) electrons. The van der Waals surface area contributed by atoms with Crippen LogP contribution in [0.5, 0.6) is 0 Å². The molecule has 0 unspecified atom stereocenters. The van der Waals surface area contributed by atoms with Crippen molar-refractivity contribution in [2.24, 2.45) is 4.99 Å². The number of guanidine groups is 1. The second kappa shape index (κ2) is 12.2. The third kappa shape index (κ3) is 7.67. The smallest absolute Gasteiger partial charge is 0.251 e. The van der Waals surface area contributed by atoms with Crippen LogP contribution in [0.3, 0.4) is 0 Å². The van der Waals surface area contributed by atoms with Crippen LogP contribution in [0.1, 0.15) is 42.6 Å². The normalized spacial score (nSPS) is 10.7. The molecule has 0 aromatic heterocycles. The Morgan fingerprint density at radius 2 is 2.04 bits per heavy atom. The highest BCUT2D eigenvalue weighted by Gasteiger charge is 2.06. The van der Waals surface area contributed by atoms with Crippen molar-refractivity contribution in [3.8, 4) is 0 Å². The molecule has 130 valence electrons. The van der Waals surface area contributed by atoms with Crippen molar-refractivity contribution in [3.05, 3.63) is 35.4 Å². The molecule has 1 aromatic rings. The maximum atomic E-state index is 11.7. The van der Waals surface area contributed by atoms with Gasteiger partial charge in [-0.25, -0.2) is 4.99 Å². The molecule has 2 N–H and O–H groups in total. The number of aliphatic imine (C=N–C) groups is 1. The second-order valence-electron chi connectivity index (χ2n) is 5.22. The third-order valence-corrected chi connectivity index (χ3v) is 3.37. The minimum Gasteiger partial charge on any atom is -0.357 e. The highest BCUT2D eigenvalue weighted by atomic mass is 127. The number of carbonyl (C=O) groups is 1. The SMILES string of the molecule is CCCCN(C)C(=NCc1cccc(C(=O)NC)c1)NCC.I. The fraction of sp³-hybridized carbons (Fsp3) is 0.529. The Morgan fingerprint density at radius 3 is 2.65 bits per heavy atom. The van der Waals surface area contributed by atoms with Crippen molar-refractivity contribution in [1.82, 2.24) is 15.5 Å². The van der Waals surface area contributed by atoms with Crippen LogP contribution >= 0.6 is 24.0 Å². The van der Waals surface area contributed by atoms with E-state index < -0.39 is 0 Å². The number of rotatable bonds is 7. The van der Waals surface area contributed by atoms with E-state index >= 15 is 0 Å². The van der Waals surface area contributed by atoms with E-state index in [1.807, 2.05) is 24.3 Å². The van der Waals surface area contributed by atoms with E-state index in [-0.39, 0.29) is 29.9 Å². The highest BCUT2D eigenvalue weighted by molar-refractivity contribution is 14.0. The first-order valence-electron chi connectivity index (χ1n) is 7.92. The highest BCUT2D eigenvalue weighted by Crippen LogP contribution is 2.07. The van der Waals surface area contributed by atoms with Gasteiger partial charge in [0.15, 0.2) is 5.96 Å². The molecule has 0 bridgehead atoms. The second-order valence-corrected chi connectivity index (χ2v) is 5.22. The Kier molecular flexibility index (Phi) is 11.5. The molecule has 1 aromatic carbocycles. The Hall–Kier alpha value is -1.31. The van der Waals surface area contributed by atoms with Crippen molar-refractivity contribution in [2.75, 3.05) is 27.2 Å². The largest absolute Gasteiger partial charge is 0.357 e. The predicted octanol–water partition coefficient (Wildman–Crippen LogP) is 2.86. The first-order valence-corrected chi connectivity index (χ1v) is 7.92. The zero-order valence-corrected chi connectivity index (χ0v) is 16.9. The van der Waals surface area contributed by atoms with E-state index in [2.05, 4.69) is 41.4 Å². The van der Waals surface area contributed by atoms with Crippen LogP contribution in [-0.4, -0.2) is 44.0 Å². The number of benzene rings is 1. The average Bonchev–Trinajstić information content (AvgIpc) is 2.55. The first kappa shape index (κ1) is 21.7. The van der Waals surface area contributed by atoms with Crippen molar-refractivity contribution in [1.29, 1.82) is 0 Å². The van der Waals surface area contributed by atoms with Crippen LogP contribution < -0.4 is 10.6 Å². The standard InChI is InChI=1S/C17H28N4O.HI/c1-5-7-11-21(4)17(19-6-2)20-13-14-9-8-10-15(12-14)16(22)18-3;/h8-10,12H,5-7,11,13H2,1-4H3,(H,18,22)(H,19,20);1H. The van der Waals surface area contributed by atoms with Gasteiger partial charge in [-0.1, -0.05) is 25.5 Å². The Labute approximate surface area is 157 Å². The molecule has 0 heterocycles. The number of amides is 1. The summed E-state index contributed by atoms with van der Waals surface area (Å²) >= 11 is 0. The lowest BCUT2D eigenvalue weighted by Crippen LogP contribution is -2.39. The van der Waals surface area contributed by atoms with Crippen LogP contribution in [0.2, 0.25) is 0 Å². The summed E-state index contributed by atoms with van der Waals surface area (Å²) in [6.07, 6.45) is 2.31. The molecule has 0 aliphatic rings. The lowest BCUT2D eigenvalue weighted by Gasteiger charge is -2.21. The summed E-state index contributed by atoms with van der Waals surface area (Å²) in [6.45, 7) is 6.63. The quantitative estimate of drug-likeness (QED) is 0.396. The number of carbonyl (C=O) groups excluding carboxylic acids is 1. The lowest BCUT2D eigenvalue weighted by molar-refractivity contribution is 0.0963. The molecular weight excluding hydrogens is 403 g/mol. The topological polar surface area (TPSA) is 56.7 Å². The van der Waals surface area contributed by atoms with E-state index in [0.717, 1.165) is 37.5 Å². The van der Waals surface area contributed by atoms with E-state index in [1.165, 1.54) is 0 Å². The fourth-order valence-corrected chi connectivity index (χ4v) is 2.09. The molecular formula is C17H29IN4O. The number of hydrogen-bond acceptors (Lipinski definition) is 2. The van der Waals surface area contributed by atoms with Crippen LogP contribution in [-0.2, 0) is 6.54 Å². The molecule has 23 heavy (non-hydrogen) atoms. The number of nitrogens with one attached hydrogen (secondary N) is 2. The van der Waals surface area contributed by atoms with Gasteiger partial charge in [0.05, 0.1) is 6.54 Å². The third-order valence-electron chi connectivity index (χ3n) is 3.37. The predicted molar refractivity (Wildman–Crippen MR) is 108 cm³/mol. The van der Waals surface area contributed by atoms with Gasteiger partial charge in [0, 0.05) is 32.7 Å². The summed E-state index contributed by atoms with van der Waals surface area (Å²) < 4.78 is 0. The van der Waals surface area contributed by atoms with Gasteiger partial charge in [0.25, 0.3) is 5.91 Å². The number of nitrogens with zero attached hydrogens (tertiary/aromatic N) is 2.